The number of carbonyl (C=O) groups is 1. The Hall–Kier alpha value is -2.33. The van der Waals surface area contributed by atoms with Crippen molar-refractivity contribution in [2.24, 2.45) is 5.73 Å². The van der Waals surface area contributed by atoms with E-state index in [9.17, 15) is 4.79 Å². The minimum absolute atomic E-state index is 0.344. The van der Waals surface area contributed by atoms with Crippen molar-refractivity contribution < 1.29 is 14.3 Å². The summed E-state index contributed by atoms with van der Waals surface area (Å²) < 4.78 is 10.2. The highest BCUT2D eigenvalue weighted by atomic mass is 16.5. The molecule has 2 aromatic carbocycles. The molecule has 0 aliphatic heterocycles. The van der Waals surface area contributed by atoms with Gasteiger partial charge in [-0.3, -0.25) is 4.79 Å². The van der Waals surface area contributed by atoms with Crippen LogP contribution in [0.4, 0.5) is 0 Å². The molecule has 2 rings (SSSR count). The summed E-state index contributed by atoms with van der Waals surface area (Å²) in [6, 6.07) is 15.2. The fourth-order valence-electron chi connectivity index (χ4n) is 2.27. The molecule has 0 fully saturated rings. The molecular formula is C18H21NO3. The summed E-state index contributed by atoms with van der Waals surface area (Å²) in [5.74, 6) is 0.445. The second kappa shape index (κ2) is 7.61. The maximum atomic E-state index is 11.6. The standard InChI is InChI=1S/C18H21NO3/c1-3-22-18(20)17(19)11-13-6-4-7-14(10-13)15-8-5-9-16(12-15)21-2/h4-10,12,17H,3,11,19H2,1-2H3. The first-order valence-electron chi connectivity index (χ1n) is 7.29. The fourth-order valence-corrected chi connectivity index (χ4v) is 2.27. The van der Waals surface area contributed by atoms with E-state index in [1.54, 1.807) is 14.0 Å². The summed E-state index contributed by atoms with van der Waals surface area (Å²) in [6.45, 7) is 2.12. The van der Waals surface area contributed by atoms with E-state index in [4.69, 9.17) is 15.2 Å². The molecule has 0 bridgehead atoms. The van der Waals surface area contributed by atoms with Gasteiger partial charge in [-0.25, -0.2) is 0 Å². The first kappa shape index (κ1) is 16.0. The zero-order chi connectivity index (χ0) is 15.9. The number of nitrogens with two attached hydrogens (primary N) is 1. The Morgan fingerprint density at radius 1 is 1.14 bits per heavy atom. The van der Waals surface area contributed by atoms with E-state index < -0.39 is 6.04 Å². The van der Waals surface area contributed by atoms with Gasteiger partial charge in [-0.15, -0.1) is 0 Å². The van der Waals surface area contributed by atoms with E-state index in [1.165, 1.54) is 0 Å². The topological polar surface area (TPSA) is 61.5 Å². The third-order valence-corrected chi connectivity index (χ3v) is 3.38. The van der Waals surface area contributed by atoms with E-state index >= 15 is 0 Å². The molecule has 22 heavy (non-hydrogen) atoms. The van der Waals surface area contributed by atoms with E-state index in [-0.39, 0.29) is 5.97 Å². The predicted molar refractivity (Wildman–Crippen MR) is 86.7 cm³/mol. The summed E-state index contributed by atoms with van der Waals surface area (Å²) in [5.41, 5.74) is 9.00. The largest absolute Gasteiger partial charge is 0.497 e. The van der Waals surface area contributed by atoms with Crippen molar-refractivity contribution in [3.63, 3.8) is 0 Å². The number of hydrogen-bond acceptors (Lipinski definition) is 4. The Kier molecular flexibility index (Phi) is 5.55. The van der Waals surface area contributed by atoms with Gasteiger partial charge < -0.3 is 15.2 Å². The van der Waals surface area contributed by atoms with Gasteiger partial charge in [-0.2, -0.15) is 0 Å². The van der Waals surface area contributed by atoms with Crippen LogP contribution in [-0.4, -0.2) is 25.7 Å². The lowest BCUT2D eigenvalue weighted by Gasteiger charge is -2.12. The summed E-state index contributed by atoms with van der Waals surface area (Å²) in [6.07, 6.45) is 0.455. The summed E-state index contributed by atoms with van der Waals surface area (Å²) >= 11 is 0. The Labute approximate surface area is 130 Å². The van der Waals surface area contributed by atoms with Crippen molar-refractivity contribution in [2.45, 2.75) is 19.4 Å². The minimum Gasteiger partial charge on any atom is -0.497 e. The third-order valence-electron chi connectivity index (χ3n) is 3.38. The number of benzene rings is 2. The Bertz CT molecular complexity index is 640. The molecule has 2 N–H and O–H groups in total. The van der Waals surface area contributed by atoms with Crippen LogP contribution >= 0.6 is 0 Å². The lowest BCUT2D eigenvalue weighted by atomic mass is 9.99. The second-order valence-corrected chi connectivity index (χ2v) is 4.99. The number of carbonyl (C=O) groups excluding carboxylic acids is 1. The van der Waals surface area contributed by atoms with Crippen LogP contribution in [0.2, 0.25) is 0 Å². The Morgan fingerprint density at radius 2 is 1.82 bits per heavy atom. The monoisotopic (exact) mass is 299 g/mol. The molecule has 0 spiro atoms. The van der Waals surface area contributed by atoms with Crippen LogP contribution in [-0.2, 0) is 16.0 Å². The number of esters is 1. The third kappa shape index (κ3) is 4.09. The van der Waals surface area contributed by atoms with Gasteiger partial charge >= 0.3 is 5.97 Å². The number of methoxy groups -OCH3 is 1. The lowest BCUT2D eigenvalue weighted by molar-refractivity contribution is -0.144. The van der Waals surface area contributed by atoms with Crippen LogP contribution in [0.1, 0.15) is 12.5 Å². The molecule has 1 unspecified atom stereocenters. The van der Waals surface area contributed by atoms with Crippen LogP contribution in [0.3, 0.4) is 0 Å². The molecule has 0 heterocycles. The summed E-state index contributed by atoms with van der Waals surface area (Å²) in [4.78, 5) is 11.6. The molecular weight excluding hydrogens is 278 g/mol. The summed E-state index contributed by atoms with van der Waals surface area (Å²) in [5, 5.41) is 0. The van der Waals surface area contributed by atoms with E-state index in [2.05, 4.69) is 0 Å². The molecule has 1 atom stereocenters. The SMILES string of the molecule is CCOC(=O)C(N)Cc1cccc(-c2cccc(OC)c2)c1. The first-order valence-corrected chi connectivity index (χ1v) is 7.29. The molecule has 0 radical (unpaired) electrons. The molecule has 0 amide bonds. The fraction of sp³-hybridized carbons (Fsp3) is 0.278. The number of rotatable bonds is 6. The van der Waals surface area contributed by atoms with Crippen LogP contribution in [0, 0.1) is 0 Å². The predicted octanol–water partition coefficient (Wildman–Crippen LogP) is 2.80. The van der Waals surface area contributed by atoms with Gasteiger partial charge in [0.25, 0.3) is 0 Å². The molecule has 2 aromatic rings. The maximum absolute atomic E-state index is 11.6. The lowest BCUT2D eigenvalue weighted by Crippen LogP contribution is -2.34. The average molecular weight is 299 g/mol. The van der Waals surface area contributed by atoms with Crippen molar-refractivity contribution in [3.05, 3.63) is 54.1 Å². The molecule has 0 saturated heterocycles. The minimum atomic E-state index is -0.638. The normalized spacial score (nSPS) is 11.8. The van der Waals surface area contributed by atoms with Crippen LogP contribution in [0.5, 0.6) is 5.75 Å². The average Bonchev–Trinajstić information content (AvgIpc) is 2.55. The van der Waals surface area contributed by atoms with Gasteiger partial charge in [0.15, 0.2) is 0 Å². The molecule has 0 aromatic heterocycles. The van der Waals surface area contributed by atoms with Gasteiger partial charge in [0.05, 0.1) is 13.7 Å². The highest BCUT2D eigenvalue weighted by molar-refractivity contribution is 5.76. The van der Waals surface area contributed by atoms with Crippen molar-refractivity contribution in [1.29, 1.82) is 0 Å². The number of ether oxygens (including phenoxy) is 2. The van der Waals surface area contributed by atoms with Crippen LogP contribution in [0.15, 0.2) is 48.5 Å². The molecule has 0 saturated carbocycles. The van der Waals surface area contributed by atoms with Crippen LogP contribution < -0.4 is 10.5 Å². The zero-order valence-corrected chi connectivity index (χ0v) is 12.9. The van der Waals surface area contributed by atoms with Gasteiger partial charge in [-0.05, 0) is 42.2 Å². The van der Waals surface area contributed by atoms with Gasteiger partial charge in [0.2, 0.25) is 0 Å². The molecule has 4 heteroatoms. The van der Waals surface area contributed by atoms with Gasteiger partial charge in [0.1, 0.15) is 11.8 Å². The quantitative estimate of drug-likeness (QED) is 0.833. The van der Waals surface area contributed by atoms with Gasteiger partial charge in [0, 0.05) is 0 Å². The highest BCUT2D eigenvalue weighted by Gasteiger charge is 2.15. The Morgan fingerprint density at radius 3 is 2.50 bits per heavy atom. The highest BCUT2D eigenvalue weighted by Crippen LogP contribution is 2.24. The molecule has 0 aliphatic carbocycles. The van der Waals surface area contributed by atoms with E-state index in [0.29, 0.717) is 13.0 Å². The van der Waals surface area contributed by atoms with E-state index in [1.807, 2.05) is 48.5 Å². The van der Waals surface area contributed by atoms with Crippen LogP contribution in [0.25, 0.3) is 11.1 Å². The summed E-state index contributed by atoms with van der Waals surface area (Å²) in [7, 11) is 1.65. The maximum Gasteiger partial charge on any atom is 0.323 e. The Balaban J connectivity index is 2.17. The molecule has 116 valence electrons. The smallest absolute Gasteiger partial charge is 0.323 e. The van der Waals surface area contributed by atoms with Crippen molar-refractivity contribution in [2.75, 3.05) is 13.7 Å². The van der Waals surface area contributed by atoms with Gasteiger partial charge in [-0.1, -0.05) is 36.4 Å². The van der Waals surface area contributed by atoms with Crippen molar-refractivity contribution >= 4 is 5.97 Å². The zero-order valence-electron chi connectivity index (χ0n) is 12.9. The van der Waals surface area contributed by atoms with E-state index in [0.717, 1.165) is 22.4 Å². The first-order chi connectivity index (χ1) is 10.6. The molecule has 0 aliphatic rings. The molecule has 4 nitrogen and oxygen atoms in total. The number of hydrogen-bond donors (Lipinski definition) is 1. The van der Waals surface area contributed by atoms with Crippen molar-refractivity contribution in [1.82, 2.24) is 0 Å². The van der Waals surface area contributed by atoms with Crippen molar-refractivity contribution in [3.8, 4) is 16.9 Å². The second-order valence-electron chi connectivity index (χ2n) is 4.99.